The highest BCUT2D eigenvalue weighted by atomic mass is 35.5. The molecule has 2 N–H and O–H groups in total. The Hall–Kier alpha value is -2.08. The molecule has 0 aliphatic carbocycles. The number of imidazole rings is 1. The first kappa shape index (κ1) is 11.0. The van der Waals surface area contributed by atoms with Crippen molar-refractivity contribution in [2.24, 2.45) is 7.05 Å². The van der Waals surface area contributed by atoms with Gasteiger partial charge in [0.05, 0.1) is 17.6 Å². The number of halogens is 1. The fourth-order valence-corrected chi connectivity index (χ4v) is 2.05. The summed E-state index contributed by atoms with van der Waals surface area (Å²) in [4.78, 5) is 4.28. The summed E-state index contributed by atoms with van der Waals surface area (Å²) in [5.74, 6) is 1.26. The summed E-state index contributed by atoms with van der Waals surface area (Å²) in [5.41, 5.74) is 7.63. The lowest BCUT2D eigenvalue weighted by atomic mass is 10.3. The summed E-state index contributed by atoms with van der Waals surface area (Å²) in [5, 5.41) is 8.53. The fourth-order valence-electron chi connectivity index (χ4n) is 1.88. The highest BCUT2D eigenvalue weighted by Crippen LogP contribution is 2.22. The number of anilines is 1. The number of aryl methyl sites for hydroxylation is 1. The van der Waals surface area contributed by atoms with Gasteiger partial charge in [-0.2, -0.15) is 0 Å². The van der Waals surface area contributed by atoms with Gasteiger partial charge in [0.15, 0.2) is 5.82 Å². The van der Waals surface area contributed by atoms with Crippen LogP contribution >= 0.6 is 11.6 Å². The molecule has 0 bridgehead atoms. The summed E-state index contributed by atoms with van der Waals surface area (Å²) >= 11 is 5.93. The van der Waals surface area contributed by atoms with Gasteiger partial charge in [-0.15, -0.1) is 10.2 Å². The molecule has 2 heterocycles. The third-order valence-electron chi connectivity index (χ3n) is 2.84. The van der Waals surface area contributed by atoms with Crippen LogP contribution in [0.5, 0.6) is 0 Å². The van der Waals surface area contributed by atoms with E-state index in [1.807, 2.05) is 28.3 Å². The molecule has 0 aliphatic rings. The van der Waals surface area contributed by atoms with Crippen molar-refractivity contribution in [2.45, 2.75) is 6.54 Å². The van der Waals surface area contributed by atoms with Crippen molar-refractivity contribution in [2.75, 3.05) is 5.73 Å². The molecule has 92 valence electrons. The Morgan fingerprint density at radius 3 is 2.94 bits per heavy atom. The van der Waals surface area contributed by atoms with Crippen LogP contribution < -0.4 is 5.73 Å². The molecule has 3 rings (SSSR count). The Balaban J connectivity index is 2.11. The van der Waals surface area contributed by atoms with E-state index in [1.54, 1.807) is 12.4 Å². The van der Waals surface area contributed by atoms with Gasteiger partial charge >= 0.3 is 0 Å². The quantitative estimate of drug-likeness (QED) is 0.758. The minimum atomic E-state index is 0.440. The second-order valence-corrected chi connectivity index (χ2v) is 4.48. The van der Waals surface area contributed by atoms with E-state index >= 15 is 0 Å². The number of nitrogens with zero attached hydrogens (tertiary/aromatic N) is 5. The monoisotopic (exact) mass is 262 g/mol. The molecule has 0 fully saturated rings. The maximum Gasteiger partial charge on any atom is 0.201 e. The van der Waals surface area contributed by atoms with E-state index in [-0.39, 0.29) is 0 Å². The van der Waals surface area contributed by atoms with Crippen molar-refractivity contribution in [3.8, 4) is 0 Å². The van der Waals surface area contributed by atoms with Crippen LogP contribution in [0.2, 0.25) is 5.02 Å². The zero-order valence-electron chi connectivity index (χ0n) is 9.71. The minimum Gasteiger partial charge on any atom is -0.369 e. The predicted octanol–water partition coefficient (Wildman–Crippen LogP) is 1.45. The number of nitrogen functional groups attached to an aromatic ring is 1. The van der Waals surface area contributed by atoms with Crippen LogP contribution in [0.3, 0.4) is 0 Å². The largest absolute Gasteiger partial charge is 0.369 e. The molecule has 0 amide bonds. The maximum atomic E-state index is 5.93. The molecule has 2 aromatic heterocycles. The van der Waals surface area contributed by atoms with Gasteiger partial charge in [-0.05, 0) is 18.2 Å². The highest BCUT2D eigenvalue weighted by Gasteiger charge is 2.11. The molecule has 3 aromatic rings. The highest BCUT2D eigenvalue weighted by molar-refractivity contribution is 6.31. The van der Waals surface area contributed by atoms with Crippen molar-refractivity contribution in [1.29, 1.82) is 0 Å². The minimum absolute atomic E-state index is 0.440. The van der Waals surface area contributed by atoms with Crippen molar-refractivity contribution < 1.29 is 0 Å². The van der Waals surface area contributed by atoms with Gasteiger partial charge in [0.1, 0.15) is 6.33 Å². The van der Waals surface area contributed by atoms with Crippen LogP contribution in [0.1, 0.15) is 5.82 Å². The van der Waals surface area contributed by atoms with E-state index in [2.05, 4.69) is 15.2 Å². The first-order chi connectivity index (χ1) is 8.65. The lowest BCUT2D eigenvalue weighted by Gasteiger charge is -2.05. The van der Waals surface area contributed by atoms with Gasteiger partial charge in [0, 0.05) is 12.1 Å². The Labute approximate surface area is 108 Å². The Bertz CT molecular complexity index is 713. The third-order valence-corrected chi connectivity index (χ3v) is 3.08. The third kappa shape index (κ3) is 1.70. The molecule has 0 radical (unpaired) electrons. The molecule has 1 aromatic carbocycles. The lowest BCUT2D eigenvalue weighted by molar-refractivity contribution is 0.718. The van der Waals surface area contributed by atoms with Crippen LogP contribution in [0.15, 0.2) is 24.5 Å². The number of fused-ring (bicyclic) bond motifs is 1. The molecular weight excluding hydrogens is 252 g/mol. The SMILES string of the molecule is Cn1cnnc1Cn1c(N)nc2cc(Cl)ccc21. The topological polar surface area (TPSA) is 74.5 Å². The fraction of sp³-hybridized carbons (Fsp3) is 0.182. The zero-order chi connectivity index (χ0) is 12.7. The van der Waals surface area contributed by atoms with Crippen LogP contribution in [0.25, 0.3) is 11.0 Å². The molecule has 0 saturated heterocycles. The molecular formula is C11H11ClN6. The summed E-state index contributed by atoms with van der Waals surface area (Å²) in [6.45, 7) is 0.528. The number of rotatable bonds is 2. The molecule has 0 spiro atoms. The summed E-state index contributed by atoms with van der Waals surface area (Å²) in [6.07, 6.45) is 1.65. The van der Waals surface area contributed by atoms with Crippen LogP contribution in [0, 0.1) is 0 Å². The van der Waals surface area contributed by atoms with Crippen molar-refractivity contribution in [1.82, 2.24) is 24.3 Å². The Morgan fingerprint density at radius 2 is 2.22 bits per heavy atom. The number of hydrogen-bond acceptors (Lipinski definition) is 4. The molecule has 0 aliphatic heterocycles. The predicted molar refractivity (Wildman–Crippen MR) is 69.3 cm³/mol. The second kappa shape index (κ2) is 3.99. The summed E-state index contributed by atoms with van der Waals surface area (Å²) < 4.78 is 3.73. The standard InChI is InChI=1S/C11H11ClN6/c1-17-6-14-16-10(17)5-18-9-3-2-7(12)4-8(9)15-11(18)13/h2-4,6H,5H2,1H3,(H2,13,15). The van der Waals surface area contributed by atoms with E-state index in [1.165, 1.54) is 0 Å². The van der Waals surface area contributed by atoms with Crippen LogP contribution in [-0.2, 0) is 13.6 Å². The van der Waals surface area contributed by atoms with Crippen LogP contribution in [-0.4, -0.2) is 24.3 Å². The first-order valence-corrected chi connectivity index (χ1v) is 5.77. The maximum absolute atomic E-state index is 5.93. The van der Waals surface area contributed by atoms with Gasteiger partial charge in [-0.1, -0.05) is 11.6 Å². The van der Waals surface area contributed by atoms with Crippen molar-refractivity contribution in [3.05, 3.63) is 35.4 Å². The number of nitrogens with two attached hydrogens (primary N) is 1. The summed E-state index contributed by atoms with van der Waals surface area (Å²) in [7, 11) is 1.89. The van der Waals surface area contributed by atoms with Crippen LogP contribution in [0.4, 0.5) is 5.95 Å². The molecule has 0 saturated carbocycles. The number of benzene rings is 1. The zero-order valence-corrected chi connectivity index (χ0v) is 10.5. The molecule has 18 heavy (non-hydrogen) atoms. The van der Waals surface area contributed by atoms with Gasteiger partial charge < -0.3 is 14.9 Å². The number of aromatic nitrogens is 5. The average molecular weight is 263 g/mol. The van der Waals surface area contributed by atoms with Gasteiger partial charge in [-0.3, -0.25) is 0 Å². The lowest BCUT2D eigenvalue weighted by Crippen LogP contribution is -2.08. The van der Waals surface area contributed by atoms with E-state index in [0.29, 0.717) is 17.5 Å². The molecule has 6 nitrogen and oxygen atoms in total. The van der Waals surface area contributed by atoms with Crippen molar-refractivity contribution in [3.63, 3.8) is 0 Å². The molecule has 0 atom stereocenters. The van der Waals surface area contributed by atoms with Gasteiger partial charge in [-0.25, -0.2) is 4.98 Å². The van der Waals surface area contributed by atoms with E-state index in [4.69, 9.17) is 17.3 Å². The smallest absolute Gasteiger partial charge is 0.201 e. The van der Waals surface area contributed by atoms with Crippen molar-refractivity contribution >= 4 is 28.6 Å². The number of hydrogen-bond donors (Lipinski definition) is 1. The van der Waals surface area contributed by atoms with Gasteiger partial charge in [0.2, 0.25) is 5.95 Å². The Kier molecular flexibility index (Phi) is 2.45. The summed E-state index contributed by atoms with van der Waals surface area (Å²) in [6, 6.07) is 5.51. The average Bonchev–Trinajstić information content (AvgIpc) is 2.85. The second-order valence-electron chi connectivity index (χ2n) is 4.05. The Morgan fingerprint density at radius 1 is 1.39 bits per heavy atom. The van der Waals surface area contributed by atoms with E-state index < -0.39 is 0 Å². The molecule has 7 heteroatoms. The molecule has 0 unspecified atom stereocenters. The van der Waals surface area contributed by atoms with E-state index in [0.717, 1.165) is 16.9 Å². The normalized spacial score (nSPS) is 11.2. The first-order valence-electron chi connectivity index (χ1n) is 5.39. The van der Waals surface area contributed by atoms with Gasteiger partial charge in [0.25, 0.3) is 0 Å². The van der Waals surface area contributed by atoms with E-state index in [9.17, 15) is 0 Å².